The fourth-order valence-electron chi connectivity index (χ4n) is 8.30. The van der Waals surface area contributed by atoms with Crippen LogP contribution in [0.4, 0.5) is 5.82 Å². The third kappa shape index (κ3) is 6.12. The Morgan fingerprint density at radius 3 is 2.49 bits per heavy atom. The minimum Gasteiger partial charge on any atom is -0.352 e. The molecule has 1 N–H and O–H groups in total. The first-order chi connectivity index (χ1) is 21.6. The van der Waals surface area contributed by atoms with Gasteiger partial charge in [-0.2, -0.15) is 0 Å². The molecular formula is C33H49N6O4PSi. The SMILES string of the molecule is CC[C@H]1O[C@@H](n2cnc3c(NC(=O)c4ccccc4)ncnc32)C[C@H]1OP1O[C@H](C[Si](C(C)C)(C(C)C)C(C)C)[C@@H]2CCCN21. The number of fused-ring (bicyclic) bond motifs is 2. The number of aromatic nitrogens is 4. The highest BCUT2D eigenvalue weighted by Crippen LogP contribution is 2.60. The van der Waals surface area contributed by atoms with E-state index in [4.69, 9.17) is 13.8 Å². The van der Waals surface area contributed by atoms with E-state index in [1.165, 1.54) is 25.2 Å². The van der Waals surface area contributed by atoms with Crippen molar-refractivity contribution in [2.75, 3.05) is 11.9 Å². The normalized spacial score (nSPS) is 27.3. The molecular weight excluding hydrogens is 603 g/mol. The van der Waals surface area contributed by atoms with Crippen LogP contribution in [-0.4, -0.2) is 69.1 Å². The Kier molecular flexibility index (Phi) is 9.76. The van der Waals surface area contributed by atoms with Crippen molar-refractivity contribution in [1.29, 1.82) is 0 Å². The van der Waals surface area contributed by atoms with E-state index in [0.29, 0.717) is 51.6 Å². The molecule has 6 rings (SSSR count). The molecule has 5 heterocycles. The number of benzene rings is 1. The van der Waals surface area contributed by atoms with E-state index in [2.05, 4.69) is 73.4 Å². The number of carbonyl (C=O) groups excluding carboxylic acids is 1. The maximum atomic E-state index is 12.8. The van der Waals surface area contributed by atoms with Crippen molar-refractivity contribution in [2.24, 2.45) is 0 Å². The Hall–Kier alpha value is -2.27. The zero-order chi connectivity index (χ0) is 31.9. The van der Waals surface area contributed by atoms with Crippen LogP contribution in [0.2, 0.25) is 22.7 Å². The van der Waals surface area contributed by atoms with Crippen LogP contribution < -0.4 is 5.32 Å². The Morgan fingerprint density at radius 1 is 1.07 bits per heavy atom. The summed E-state index contributed by atoms with van der Waals surface area (Å²) < 4.78 is 24.9. The molecule has 1 unspecified atom stereocenters. The van der Waals surface area contributed by atoms with Gasteiger partial charge in [-0.05, 0) is 37.4 Å². The summed E-state index contributed by atoms with van der Waals surface area (Å²) in [4.78, 5) is 26.3. The molecule has 6 atom stereocenters. The minimum atomic E-state index is -1.62. The Bertz CT molecular complexity index is 1450. The Balaban J connectivity index is 1.18. The molecule has 0 radical (unpaired) electrons. The van der Waals surface area contributed by atoms with Gasteiger partial charge in [0.25, 0.3) is 14.4 Å². The van der Waals surface area contributed by atoms with Gasteiger partial charge in [0.1, 0.15) is 12.6 Å². The van der Waals surface area contributed by atoms with Gasteiger partial charge in [0.2, 0.25) is 0 Å². The number of nitrogens with one attached hydrogen (secondary N) is 1. The van der Waals surface area contributed by atoms with Gasteiger partial charge in [-0.1, -0.05) is 83.3 Å². The van der Waals surface area contributed by atoms with E-state index < -0.39 is 16.6 Å². The molecule has 45 heavy (non-hydrogen) atoms. The zero-order valence-corrected chi connectivity index (χ0v) is 29.6. The van der Waals surface area contributed by atoms with Crippen LogP contribution in [0.15, 0.2) is 43.0 Å². The van der Waals surface area contributed by atoms with Crippen LogP contribution in [0, 0.1) is 0 Å². The molecule has 2 aromatic heterocycles. The van der Waals surface area contributed by atoms with E-state index in [9.17, 15) is 4.79 Å². The van der Waals surface area contributed by atoms with Crippen LogP contribution >= 0.6 is 8.53 Å². The number of ether oxygens (including phenoxy) is 1. The van der Waals surface area contributed by atoms with Crippen molar-refractivity contribution in [3.05, 3.63) is 48.5 Å². The van der Waals surface area contributed by atoms with Crippen molar-refractivity contribution in [1.82, 2.24) is 24.2 Å². The van der Waals surface area contributed by atoms with Gasteiger partial charge in [0.05, 0.1) is 32.7 Å². The summed E-state index contributed by atoms with van der Waals surface area (Å²) in [6.45, 7) is 17.9. The Labute approximate surface area is 269 Å². The maximum absolute atomic E-state index is 12.8. The zero-order valence-electron chi connectivity index (χ0n) is 27.7. The first-order valence-corrected chi connectivity index (χ1v) is 20.3. The van der Waals surface area contributed by atoms with Crippen LogP contribution in [-0.2, 0) is 13.8 Å². The maximum Gasteiger partial charge on any atom is 0.259 e. The smallest absolute Gasteiger partial charge is 0.259 e. The number of imidazole rings is 1. The van der Waals surface area contributed by atoms with Gasteiger partial charge in [0, 0.05) is 24.6 Å². The lowest BCUT2D eigenvalue weighted by atomic mass is 10.1. The highest BCUT2D eigenvalue weighted by atomic mass is 31.2. The standard InChI is InChI=1S/C33H49N6O4PSi/c1-8-26-27(42-44-39-16-12-15-25(39)28(43-44)18-45(21(2)3,22(4)5)23(6)7)17-29(41-26)38-20-36-30-31(34-19-35-32(30)38)37-33(40)24-13-10-9-11-14-24/h9-11,13-14,19-23,25-29H,8,12,15-18H2,1-7H3,(H,34,35,37,40)/t25-,26+,27+,28+,29+,44?/m0/s1. The molecule has 1 amide bonds. The van der Waals surface area contributed by atoms with Crippen molar-refractivity contribution >= 4 is 39.5 Å². The third-order valence-corrected chi connectivity index (χ3v) is 20.0. The molecule has 0 aliphatic carbocycles. The second kappa shape index (κ2) is 13.5. The first kappa shape index (κ1) is 32.7. The molecule has 0 spiro atoms. The lowest BCUT2D eigenvalue weighted by Gasteiger charge is -2.45. The van der Waals surface area contributed by atoms with Gasteiger partial charge in [-0.25, -0.2) is 19.6 Å². The van der Waals surface area contributed by atoms with Gasteiger partial charge in [-0.15, -0.1) is 0 Å². The summed E-state index contributed by atoms with van der Waals surface area (Å²) in [5, 5.41) is 2.90. The van der Waals surface area contributed by atoms with E-state index in [1.807, 2.05) is 22.8 Å². The number of carbonyl (C=O) groups is 1. The van der Waals surface area contributed by atoms with Crippen molar-refractivity contribution < 1.29 is 18.6 Å². The molecule has 12 heteroatoms. The van der Waals surface area contributed by atoms with Crippen LogP contribution in [0.3, 0.4) is 0 Å². The minimum absolute atomic E-state index is 0.0619. The molecule has 1 aromatic carbocycles. The molecule has 3 saturated heterocycles. The van der Waals surface area contributed by atoms with Gasteiger partial charge in [0.15, 0.2) is 17.0 Å². The predicted octanol–water partition coefficient (Wildman–Crippen LogP) is 7.93. The largest absolute Gasteiger partial charge is 0.352 e. The highest BCUT2D eigenvalue weighted by Gasteiger charge is 2.53. The molecule has 3 aliphatic rings. The third-order valence-electron chi connectivity index (χ3n) is 10.7. The molecule has 3 aliphatic heterocycles. The summed E-state index contributed by atoms with van der Waals surface area (Å²) in [5.41, 5.74) is 3.82. The number of rotatable bonds is 11. The summed E-state index contributed by atoms with van der Waals surface area (Å²) in [7, 11) is -2.77. The molecule has 244 valence electrons. The monoisotopic (exact) mass is 652 g/mol. The van der Waals surface area contributed by atoms with E-state index in [1.54, 1.807) is 18.5 Å². The van der Waals surface area contributed by atoms with E-state index in [0.717, 1.165) is 13.0 Å². The van der Waals surface area contributed by atoms with Crippen molar-refractivity contribution in [2.45, 2.75) is 127 Å². The summed E-state index contributed by atoms with van der Waals surface area (Å²) in [6, 6.07) is 10.7. The van der Waals surface area contributed by atoms with Gasteiger partial charge >= 0.3 is 0 Å². The quantitative estimate of drug-likeness (QED) is 0.165. The number of nitrogens with zero attached hydrogens (tertiary/aromatic N) is 5. The second-order valence-corrected chi connectivity index (χ2v) is 21.3. The van der Waals surface area contributed by atoms with Gasteiger partial charge < -0.3 is 19.1 Å². The number of amides is 1. The highest BCUT2D eigenvalue weighted by molar-refractivity contribution is 7.45. The average molecular weight is 653 g/mol. The van der Waals surface area contributed by atoms with E-state index in [-0.39, 0.29) is 30.4 Å². The lowest BCUT2D eigenvalue weighted by molar-refractivity contribution is -0.0152. The van der Waals surface area contributed by atoms with Crippen molar-refractivity contribution in [3.8, 4) is 0 Å². The average Bonchev–Trinajstić information content (AvgIpc) is 3.81. The molecule has 3 aromatic rings. The Morgan fingerprint density at radius 2 is 1.80 bits per heavy atom. The topological polar surface area (TPSA) is 104 Å². The number of anilines is 1. The first-order valence-electron chi connectivity index (χ1n) is 16.7. The van der Waals surface area contributed by atoms with Crippen LogP contribution in [0.5, 0.6) is 0 Å². The molecule has 3 fully saturated rings. The summed E-state index contributed by atoms with van der Waals surface area (Å²) in [6.07, 6.45) is 6.90. The summed E-state index contributed by atoms with van der Waals surface area (Å²) >= 11 is 0. The van der Waals surface area contributed by atoms with E-state index >= 15 is 0 Å². The molecule has 0 saturated carbocycles. The second-order valence-electron chi connectivity index (χ2n) is 13.8. The van der Waals surface area contributed by atoms with Gasteiger partial charge in [-0.3, -0.25) is 9.36 Å². The number of hydrogen-bond acceptors (Lipinski definition) is 8. The lowest BCUT2D eigenvalue weighted by Crippen LogP contribution is -2.48. The summed E-state index contributed by atoms with van der Waals surface area (Å²) in [5.74, 6) is 0.137. The van der Waals surface area contributed by atoms with Crippen molar-refractivity contribution in [3.63, 3.8) is 0 Å². The fourth-order valence-corrected chi connectivity index (χ4v) is 16.9. The number of hydrogen-bond donors (Lipinski definition) is 1. The molecule has 10 nitrogen and oxygen atoms in total. The van der Waals surface area contributed by atoms with Crippen LogP contribution in [0.25, 0.3) is 11.2 Å². The predicted molar refractivity (Wildman–Crippen MR) is 181 cm³/mol. The van der Waals surface area contributed by atoms with Crippen LogP contribution in [0.1, 0.15) is 90.7 Å². The molecule has 0 bridgehead atoms. The fraction of sp³-hybridized carbons (Fsp3) is 0.636.